The summed E-state index contributed by atoms with van der Waals surface area (Å²) in [6, 6.07) is 5.94. The molecular weight excluding hydrogens is 331 g/mol. The van der Waals surface area contributed by atoms with Crippen LogP contribution >= 0.6 is 22.6 Å². The fourth-order valence-electron chi connectivity index (χ4n) is 1.73. The maximum Gasteiger partial charge on any atom is 0.322 e. The van der Waals surface area contributed by atoms with Crippen molar-refractivity contribution in [1.82, 2.24) is 4.90 Å². The lowest BCUT2D eigenvalue weighted by Gasteiger charge is -2.27. The molecule has 1 aromatic rings. The van der Waals surface area contributed by atoms with E-state index in [1.165, 1.54) is 3.57 Å². The lowest BCUT2D eigenvalue weighted by atomic mass is 10.2. The first-order valence-electron chi connectivity index (χ1n) is 5.56. The van der Waals surface area contributed by atoms with Crippen LogP contribution in [0.4, 0.5) is 10.5 Å². The van der Waals surface area contributed by atoms with Crippen molar-refractivity contribution in [2.45, 2.75) is 6.92 Å². The van der Waals surface area contributed by atoms with E-state index in [0.29, 0.717) is 26.3 Å². The summed E-state index contributed by atoms with van der Waals surface area (Å²) in [5.41, 5.74) is 1.96. The van der Waals surface area contributed by atoms with Crippen LogP contribution in [0, 0.1) is 10.5 Å². The van der Waals surface area contributed by atoms with Gasteiger partial charge < -0.3 is 15.0 Å². The summed E-state index contributed by atoms with van der Waals surface area (Å²) >= 11 is 2.26. The van der Waals surface area contributed by atoms with Gasteiger partial charge in [-0.05, 0) is 53.3 Å². The maximum atomic E-state index is 12.0. The zero-order chi connectivity index (χ0) is 12.3. The number of urea groups is 1. The minimum atomic E-state index is -0.0439. The molecule has 0 bridgehead atoms. The SMILES string of the molecule is Cc1cc(I)ccc1NC(=O)N1CCOCC1. The van der Waals surface area contributed by atoms with E-state index in [4.69, 9.17) is 4.74 Å². The van der Waals surface area contributed by atoms with Crippen molar-refractivity contribution in [2.24, 2.45) is 0 Å². The Hall–Kier alpha value is -0.820. The van der Waals surface area contributed by atoms with Crippen LogP contribution in [-0.4, -0.2) is 37.2 Å². The summed E-state index contributed by atoms with van der Waals surface area (Å²) in [4.78, 5) is 13.7. The third-order valence-corrected chi connectivity index (χ3v) is 3.40. The summed E-state index contributed by atoms with van der Waals surface area (Å²) in [6.07, 6.45) is 0. The number of hydrogen-bond donors (Lipinski definition) is 1. The number of amides is 2. The van der Waals surface area contributed by atoms with Gasteiger partial charge in [-0.1, -0.05) is 0 Å². The first-order valence-corrected chi connectivity index (χ1v) is 6.64. The highest BCUT2D eigenvalue weighted by Gasteiger charge is 2.17. The summed E-state index contributed by atoms with van der Waals surface area (Å²) < 4.78 is 6.39. The number of rotatable bonds is 1. The molecule has 92 valence electrons. The first kappa shape index (κ1) is 12.6. The summed E-state index contributed by atoms with van der Waals surface area (Å²) in [5, 5.41) is 2.94. The molecule has 0 unspecified atom stereocenters. The molecule has 1 N–H and O–H groups in total. The van der Waals surface area contributed by atoms with Crippen LogP contribution in [0.1, 0.15) is 5.56 Å². The number of carbonyl (C=O) groups is 1. The Kier molecular flexibility index (Phi) is 4.22. The Morgan fingerprint density at radius 1 is 1.41 bits per heavy atom. The van der Waals surface area contributed by atoms with Gasteiger partial charge in [-0.25, -0.2) is 4.79 Å². The Bertz CT molecular complexity index is 417. The van der Waals surface area contributed by atoms with Crippen LogP contribution in [0.2, 0.25) is 0 Å². The molecule has 5 heteroatoms. The molecule has 1 saturated heterocycles. The lowest BCUT2D eigenvalue weighted by Crippen LogP contribution is -2.43. The normalized spacial score (nSPS) is 15.8. The molecule has 17 heavy (non-hydrogen) atoms. The number of anilines is 1. The van der Waals surface area contributed by atoms with Crippen molar-refractivity contribution in [1.29, 1.82) is 0 Å². The van der Waals surface area contributed by atoms with E-state index in [0.717, 1.165) is 11.3 Å². The van der Waals surface area contributed by atoms with Gasteiger partial charge in [-0.2, -0.15) is 0 Å². The quantitative estimate of drug-likeness (QED) is 0.794. The van der Waals surface area contributed by atoms with Crippen molar-refractivity contribution in [2.75, 3.05) is 31.6 Å². The van der Waals surface area contributed by atoms with E-state index in [1.807, 2.05) is 19.1 Å². The third kappa shape index (κ3) is 3.32. The molecular formula is C12H15IN2O2. The summed E-state index contributed by atoms with van der Waals surface area (Å²) in [6.45, 7) is 4.57. The van der Waals surface area contributed by atoms with Gasteiger partial charge in [0, 0.05) is 22.3 Å². The van der Waals surface area contributed by atoms with E-state index in [9.17, 15) is 4.79 Å². The molecule has 0 atom stereocenters. The fraction of sp³-hybridized carbons (Fsp3) is 0.417. The van der Waals surface area contributed by atoms with Gasteiger partial charge in [0.05, 0.1) is 13.2 Å². The van der Waals surface area contributed by atoms with Gasteiger partial charge in [-0.3, -0.25) is 0 Å². The number of morpholine rings is 1. The number of nitrogens with one attached hydrogen (secondary N) is 1. The molecule has 0 radical (unpaired) electrons. The van der Waals surface area contributed by atoms with Crippen LogP contribution in [0.15, 0.2) is 18.2 Å². The molecule has 0 aliphatic carbocycles. The topological polar surface area (TPSA) is 41.6 Å². The molecule has 4 nitrogen and oxygen atoms in total. The third-order valence-electron chi connectivity index (χ3n) is 2.73. The van der Waals surface area contributed by atoms with Crippen LogP contribution < -0.4 is 5.32 Å². The number of benzene rings is 1. The Labute approximate surface area is 114 Å². The second-order valence-electron chi connectivity index (χ2n) is 3.99. The first-order chi connectivity index (χ1) is 8.16. The molecule has 2 rings (SSSR count). The molecule has 1 aliphatic heterocycles. The van der Waals surface area contributed by atoms with Gasteiger partial charge in [0.1, 0.15) is 0 Å². The van der Waals surface area contributed by atoms with Crippen molar-refractivity contribution >= 4 is 34.3 Å². The average molecular weight is 346 g/mol. The largest absolute Gasteiger partial charge is 0.378 e. The monoisotopic (exact) mass is 346 g/mol. The minimum absolute atomic E-state index is 0.0439. The molecule has 1 fully saturated rings. The molecule has 0 saturated carbocycles. The number of hydrogen-bond acceptors (Lipinski definition) is 2. The maximum absolute atomic E-state index is 12.0. The molecule has 0 aromatic heterocycles. The van der Waals surface area contributed by atoms with E-state index in [1.54, 1.807) is 4.90 Å². The van der Waals surface area contributed by atoms with Crippen LogP contribution in [0.5, 0.6) is 0 Å². The van der Waals surface area contributed by atoms with Gasteiger partial charge in [0.25, 0.3) is 0 Å². The van der Waals surface area contributed by atoms with Gasteiger partial charge in [0.15, 0.2) is 0 Å². The van der Waals surface area contributed by atoms with Crippen molar-refractivity contribution in [3.05, 3.63) is 27.3 Å². The molecule has 0 spiro atoms. The Morgan fingerprint density at radius 2 is 2.12 bits per heavy atom. The average Bonchev–Trinajstić information content (AvgIpc) is 2.34. The second-order valence-corrected chi connectivity index (χ2v) is 5.23. The Balaban J connectivity index is 2.02. The fourth-order valence-corrected chi connectivity index (χ4v) is 2.37. The molecule has 1 heterocycles. The zero-order valence-corrected chi connectivity index (χ0v) is 11.9. The smallest absolute Gasteiger partial charge is 0.322 e. The molecule has 1 aliphatic rings. The number of aryl methyl sites for hydroxylation is 1. The molecule has 1 aromatic carbocycles. The van der Waals surface area contributed by atoms with Crippen LogP contribution in [-0.2, 0) is 4.74 Å². The zero-order valence-electron chi connectivity index (χ0n) is 9.70. The Morgan fingerprint density at radius 3 is 2.76 bits per heavy atom. The van der Waals surface area contributed by atoms with Crippen molar-refractivity contribution in [3.63, 3.8) is 0 Å². The van der Waals surface area contributed by atoms with E-state index >= 15 is 0 Å². The number of nitrogens with zero attached hydrogens (tertiary/aromatic N) is 1. The predicted molar refractivity (Wildman–Crippen MR) is 75.3 cm³/mol. The minimum Gasteiger partial charge on any atom is -0.378 e. The van der Waals surface area contributed by atoms with Crippen molar-refractivity contribution < 1.29 is 9.53 Å². The number of carbonyl (C=O) groups excluding carboxylic acids is 1. The van der Waals surface area contributed by atoms with Crippen LogP contribution in [0.25, 0.3) is 0 Å². The lowest BCUT2D eigenvalue weighted by molar-refractivity contribution is 0.0564. The van der Waals surface area contributed by atoms with Gasteiger partial charge in [-0.15, -0.1) is 0 Å². The predicted octanol–water partition coefficient (Wildman–Crippen LogP) is 2.46. The van der Waals surface area contributed by atoms with Gasteiger partial charge in [0.2, 0.25) is 0 Å². The number of halogens is 1. The highest BCUT2D eigenvalue weighted by Crippen LogP contribution is 2.18. The standard InChI is InChI=1S/C12H15IN2O2/c1-9-8-10(13)2-3-11(9)14-12(16)15-4-6-17-7-5-15/h2-3,8H,4-7H2,1H3,(H,14,16). The number of ether oxygens (including phenoxy) is 1. The van der Waals surface area contributed by atoms with E-state index in [2.05, 4.69) is 34.0 Å². The van der Waals surface area contributed by atoms with Crippen molar-refractivity contribution in [3.8, 4) is 0 Å². The highest BCUT2D eigenvalue weighted by molar-refractivity contribution is 14.1. The summed E-state index contributed by atoms with van der Waals surface area (Å²) in [5.74, 6) is 0. The van der Waals surface area contributed by atoms with E-state index in [-0.39, 0.29) is 6.03 Å². The van der Waals surface area contributed by atoms with Crippen LogP contribution in [0.3, 0.4) is 0 Å². The summed E-state index contributed by atoms with van der Waals surface area (Å²) in [7, 11) is 0. The van der Waals surface area contributed by atoms with E-state index < -0.39 is 0 Å². The molecule has 2 amide bonds. The highest BCUT2D eigenvalue weighted by atomic mass is 127. The van der Waals surface area contributed by atoms with Gasteiger partial charge >= 0.3 is 6.03 Å². The second kappa shape index (κ2) is 5.68.